The number of aliphatic imine (C=N–C) groups is 1. The van der Waals surface area contributed by atoms with E-state index in [1.165, 1.54) is 28.9 Å². The molecule has 0 atom stereocenters. The summed E-state index contributed by atoms with van der Waals surface area (Å²) >= 11 is 1.25. The molecule has 34 heavy (non-hydrogen) atoms. The third kappa shape index (κ3) is 4.79. The van der Waals surface area contributed by atoms with Crippen molar-refractivity contribution in [3.05, 3.63) is 56.8 Å². The molecule has 0 amide bonds. The van der Waals surface area contributed by atoms with Crippen LogP contribution in [-0.2, 0) is 22.2 Å². The maximum Gasteiger partial charge on any atom is 0.416 e. The average Bonchev–Trinajstić information content (AvgIpc) is 3.21. The number of halogens is 3. The highest BCUT2D eigenvalue weighted by Crippen LogP contribution is 2.38. The van der Waals surface area contributed by atoms with Crippen molar-refractivity contribution in [3.8, 4) is 11.1 Å². The van der Waals surface area contributed by atoms with E-state index in [1.54, 1.807) is 25.3 Å². The van der Waals surface area contributed by atoms with Crippen molar-refractivity contribution in [1.29, 1.82) is 0 Å². The summed E-state index contributed by atoms with van der Waals surface area (Å²) in [7, 11) is -2.04. The van der Waals surface area contributed by atoms with E-state index < -0.39 is 21.3 Å². The molecule has 1 aliphatic heterocycles. The van der Waals surface area contributed by atoms with Gasteiger partial charge in [-0.2, -0.15) is 13.2 Å². The molecule has 1 aromatic carbocycles. The highest BCUT2D eigenvalue weighted by atomic mass is 32.2. The molecule has 0 spiro atoms. The van der Waals surface area contributed by atoms with Crippen LogP contribution in [0.5, 0.6) is 0 Å². The van der Waals surface area contributed by atoms with Gasteiger partial charge in [0.1, 0.15) is 5.84 Å². The van der Waals surface area contributed by atoms with Crippen LogP contribution in [0.2, 0.25) is 0 Å². The Kier molecular flexibility index (Phi) is 6.41. The molecule has 10 heteroatoms. The van der Waals surface area contributed by atoms with Crippen molar-refractivity contribution in [2.45, 2.75) is 45.5 Å². The van der Waals surface area contributed by atoms with Crippen molar-refractivity contribution >= 4 is 42.7 Å². The monoisotopic (exact) mass is 509 g/mol. The Hall–Kier alpha value is -2.59. The fraction of sp³-hybridized carbons (Fsp3) is 0.375. The Balaban J connectivity index is 1.83. The third-order valence-electron chi connectivity index (χ3n) is 6.17. The predicted molar refractivity (Wildman–Crippen MR) is 136 cm³/mol. The number of pyridine rings is 1. The fourth-order valence-corrected chi connectivity index (χ4v) is 6.87. The Labute approximate surface area is 200 Å². The number of aryl methyl sites for hydroxylation is 2. The lowest BCUT2D eigenvalue weighted by Gasteiger charge is -2.21. The average molecular weight is 510 g/mol. The molecule has 0 bridgehead atoms. The van der Waals surface area contributed by atoms with Crippen molar-refractivity contribution in [2.24, 2.45) is 10.7 Å². The van der Waals surface area contributed by atoms with Crippen molar-refractivity contribution in [2.75, 3.05) is 11.5 Å². The van der Waals surface area contributed by atoms with Gasteiger partial charge < -0.3 is 10.3 Å². The Morgan fingerprint density at radius 2 is 1.97 bits per heavy atom. The lowest BCUT2D eigenvalue weighted by Crippen LogP contribution is -2.27. The minimum atomic E-state index is -4.48. The number of alkyl halides is 3. The van der Waals surface area contributed by atoms with Crippen molar-refractivity contribution < 1.29 is 17.4 Å². The van der Waals surface area contributed by atoms with Gasteiger partial charge in [-0.1, -0.05) is 12.1 Å². The molecule has 1 saturated heterocycles. The topological polar surface area (TPSA) is 77.5 Å². The van der Waals surface area contributed by atoms with Crippen LogP contribution in [0.4, 0.5) is 13.2 Å². The van der Waals surface area contributed by atoms with E-state index in [1.807, 2.05) is 0 Å². The molecule has 1 aliphatic rings. The molecular weight excluding hydrogens is 483 g/mol. The molecule has 0 unspecified atom stereocenters. The quantitative estimate of drug-likeness (QED) is 0.316. The zero-order chi connectivity index (χ0) is 24.8. The molecule has 0 radical (unpaired) electrons. The number of amidine groups is 1. The van der Waals surface area contributed by atoms with Crippen LogP contribution in [-0.4, -0.2) is 38.0 Å². The summed E-state index contributed by atoms with van der Waals surface area (Å²) in [5.41, 5.74) is 6.41. The van der Waals surface area contributed by atoms with E-state index in [9.17, 15) is 22.2 Å². The fourth-order valence-electron chi connectivity index (χ4n) is 4.18. The zero-order valence-corrected chi connectivity index (χ0v) is 20.6. The lowest BCUT2D eigenvalue weighted by atomic mass is 10.00. The number of hydrogen-bond donors (Lipinski definition) is 1. The number of aromatic nitrogens is 1. The Morgan fingerprint density at radius 1 is 1.29 bits per heavy atom. The number of rotatable bonds is 4. The maximum atomic E-state index is 13.5. The van der Waals surface area contributed by atoms with Gasteiger partial charge in [-0.05, 0) is 65.3 Å². The molecule has 2 N–H and O–H groups in total. The minimum absolute atomic E-state index is 0.0697. The van der Waals surface area contributed by atoms with Gasteiger partial charge >= 0.3 is 6.18 Å². The summed E-state index contributed by atoms with van der Waals surface area (Å²) < 4.78 is 54.8. The third-order valence-corrected chi connectivity index (χ3v) is 9.32. The largest absolute Gasteiger partial charge is 0.416 e. The highest BCUT2D eigenvalue weighted by Gasteiger charge is 2.33. The molecule has 5 nitrogen and oxygen atoms in total. The van der Waals surface area contributed by atoms with Crippen LogP contribution >= 0.6 is 11.3 Å². The van der Waals surface area contributed by atoms with Gasteiger partial charge in [0.25, 0.3) is 5.56 Å². The summed E-state index contributed by atoms with van der Waals surface area (Å²) in [4.78, 5) is 18.2. The molecule has 1 fully saturated rings. The molecule has 3 heterocycles. The molecule has 4 rings (SSSR count). The molecule has 3 aromatic rings. The van der Waals surface area contributed by atoms with E-state index in [4.69, 9.17) is 5.73 Å². The Bertz CT molecular complexity index is 1440. The second-order valence-electron chi connectivity index (χ2n) is 8.63. The van der Waals surface area contributed by atoms with Crippen molar-refractivity contribution in [1.82, 2.24) is 4.57 Å². The van der Waals surface area contributed by atoms with Crippen LogP contribution in [0.3, 0.4) is 0 Å². The summed E-state index contributed by atoms with van der Waals surface area (Å²) in [5, 5.41) is 0.399. The first kappa shape index (κ1) is 24.5. The predicted octanol–water partition coefficient (Wildman–Crippen LogP) is 4.66. The summed E-state index contributed by atoms with van der Waals surface area (Å²) in [6.07, 6.45) is -1.61. The number of thiophene rings is 1. The number of nitrogens with two attached hydrogens (primary N) is 1. The van der Waals surface area contributed by atoms with Gasteiger partial charge in [0.15, 0.2) is 0 Å². The van der Waals surface area contributed by atoms with Crippen LogP contribution < -0.4 is 11.3 Å². The highest BCUT2D eigenvalue weighted by molar-refractivity contribution is 8.00. The van der Waals surface area contributed by atoms with E-state index in [0.717, 1.165) is 6.07 Å². The van der Waals surface area contributed by atoms with Crippen LogP contribution in [0.25, 0.3) is 21.2 Å². The number of benzene rings is 1. The summed E-state index contributed by atoms with van der Waals surface area (Å²) in [6.45, 7) is 3.61. The maximum absolute atomic E-state index is 13.5. The normalized spacial score (nSPS) is 21.8. The van der Waals surface area contributed by atoms with Crippen LogP contribution in [0.15, 0.2) is 40.2 Å². The van der Waals surface area contributed by atoms with Crippen LogP contribution in [0.1, 0.15) is 35.8 Å². The summed E-state index contributed by atoms with van der Waals surface area (Å²) in [6, 6.07) is 5.81. The van der Waals surface area contributed by atoms with Gasteiger partial charge in [-0.15, -0.1) is 11.3 Å². The van der Waals surface area contributed by atoms with Gasteiger partial charge in [-0.3, -0.25) is 14.0 Å². The first-order valence-electron chi connectivity index (χ1n) is 10.9. The Morgan fingerprint density at radius 3 is 2.59 bits per heavy atom. The second-order valence-corrected chi connectivity index (χ2v) is 12.4. The zero-order valence-electron chi connectivity index (χ0n) is 18.9. The first-order chi connectivity index (χ1) is 15.9. The van der Waals surface area contributed by atoms with Gasteiger partial charge in [0, 0.05) is 34.5 Å². The SMILES string of the molecule is C=S1(=O)CCC(N=C(N)c2cc3c(=O)n(CC)cc(-c4ccc(C)c(C(F)(F)F)c4)c3s2)CC1. The first-order valence-corrected chi connectivity index (χ1v) is 13.8. The number of nitrogens with zero attached hydrogens (tertiary/aromatic N) is 2. The van der Waals surface area contributed by atoms with Gasteiger partial charge in [0.05, 0.1) is 21.9 Å². The second kappa shape index (κ2) is 8.88. The van der Waals surface area contributed by atoms with Crippen molar-refractivity contribution in [3.63, 3.8) is 0 Å². The molecular formula is C24H26F3N3O2S2. The summed E-state index contributed by atoms with van der Waals surface area (Å²) in [5.74, 6) is 5.04. The minimum Gasteiger partial charge on any atom is -0.383 e. The number of fused-ring (bicyclic) bond motifs is 1. The van der Waals surface area contributed by atoms with Gasteiger partial charge in [0.2, 0.25) is 0 Å². The standard InChI is InChI=1S/C24H26F3N3O2S2/c1-4-30-13-18(15-6-5-14(2)19(11-15)24(25,26)27)21-17(23(30)31)12-20(33-21)22(28)29-16-7-9-34(3,32)10-8-16/h5-6,11-13,16H,3-4,7-10H2,1-2H3,(H2,28,29). The van der Waals surface area contributed by atoms with Gasteiger partial charge in [-0.25, -0.2) is 0 Å². The van der Waals surface area contributed by atoms with E-state index in [0.29, 0.717) is 57.0 Å². The number of hydrogen-bond acceptors (Lipinski definition) is 4. The van der Waals surface area contributed by atoms with E-state index >= 15 is 0 Å². The molecule has 182 valence electrons. The molecule has 0 saturated carbocycles. The smallest absolute Gasteiger partial charge is 0.383 e. The van der Waals surface area contributed by atoms with E-state index in [2.05, 4.69) is 10.9 Å². The van der Waals surface area contributed by atoms with Crippen LogP contribution in [0, 0.1) is 6.92 Å². The molecule has 0 aliphatic carbocycles. The molecule has 2 aromatic heterocycles. The lowest BCUT2D eigenvalue weighted by molar-refractivity contribution is -0.138. The van der Waals surface area contributed by atoms with E-state index in [-0.39, 0.29) is 23.0 Å².